The summed E-state index contributed by atoms with van der Waals surface area (Å²) in [5.41, 5.74) is 0.352. The van der Waals surface area contributed by atoms with Crippen LogP contribution in [0.15, 0.2) is 18.3 Å². The van der Waals surface area contributed by atoms with E-state index < -0.39 is 5.97 Å². The maximum Gasteiger partial charge on any atom is 0.352 e. The Morgan fingerprint density at radius 2 is 1.90 bits per heavy atom. The summed E-state index contributed by atoms with van der Waals surface area (Å²) in [4.78, 5) is 27.2. The van der Waals surface area contributed by atoms with Crippen LogP contribution in [0.5, 0.6) is 0 Å². The summed E-state index contributed by atoms with van der Waals surface area (Å²) in [6, 6.07) is 3.65. The molecule has 2 aliphatic heterocycles. The second kappa shape index (κ2) is 5.89. The molecule has 1 N–H and O–H groups in total. The molecule has 6 heteroatoms. The molecule has 21 heavy (non-hydrogen) atoms. The maximum atomic E-state index is 11.9. The van der Waals surface area contributed by atoms with Crippen molar-refractivity contribution in [1.82, 2.24) is 14.4 Å². The molecule has 3 rings (SSSR count). The lowest BCUT2D eigenvalue weighted by atomic mass is 10.0. The fourth-order valence-electron chi connectivity index (χ4n) is 3.11. The topological polar surface area (TPSA) is 65.8 Å². The summed E-state index contributed by atoms with van der Waals surface area (Å²) in [6.45, 7) is 4.01. The van der Waals surface area contributed by atoms with Crippen molar-refractivity contribution >= 4 is 11.9 Å². The van der Waals surface area contributed by atoms with Crippen LogP contribution in [0, 0.1) is 0 Å². The number of piperidine rings is 1. The Hall–Kier alpha value is -1.82. The summed E-state index contributed by atoms with van der Waals surface area (Å²) in [6.07, 6.45) is 4.75. The van der Waals surface area contributed by atoms with Gasteiger partial charge in [-0.1, -0.05) is 0 Å². The zero-order valence-electron chi connectivity index (χ0n) is 12.1. The van der Waals surface area contributed by atoms with E-state index >= 15 is 0 Å². The first kappa shape index (κ1) is 14.1. The number of carboxylic acids is 1. The zero-order chi connectivity index (χ0) is 14.8. The van der Waals surface area contributed by atoms with Crippen molar-refractivity contribution in [3.8, 4) is 0 Å². The van der Waals surface area contributed by atoms with E-state index in [4.69, 9.17) is 5.11 Å². The van der Waals surface area contributed by atoms with Crippen LogP contribution in [0.4, 0.5) is 0 Å². The number of hydrogen-bond acceptors (Lipinski definition) is 3. The highest BCUT2D eigenvalue weighted by atomic mass is 16.4. The van der Waals surface area contributed by atoms with Gasteiger partial charge in [0.25, 0.3) is 0 Å². The summed E-state index contributed by atoms with van der Waals surface area (Å²) < 4.78 is 1.86. The standard InChI is InChI=1S/C15H21N3O3/c19-14(17-6-2-7-17)11-16-9-4-12(5-10-16)18-8-1-3-13(18)15(20)21/h1,3,8,12H,2,4-7,9-11H2,(H,20,21). The second-order valence-electron chi connectivity index (χ2n) is 5.85. The van der Waals surface area contributed by atoms with Gasteiger partial charge in [-0.2, -0.15) is 0 Å². The van der Waals surface area contributed by atoms with Gasteiger partial charge in [-0.25, -0.2) is 4.79 Å². The van der Waals surface area contributed by atoms with Crippen molar-refractivity contribution in [1.29, 1.82) is 0 Å². The summed E-state index contributed by atoms with van der Waals surface area (Å²) >= 11 is 0. The molecule has 0 aromatic carbocycles. The van der Waals surface area contributed by atoms with Gasteiger partial charge < -0.3 is 14.6 Å². The SMILES string of the molecule is O=C(O)c1cccn1C1CCN(CC(=O)N2CCC2)CC1. The van der Waals surface area contributed by atoms with E-state index in [-0.39, 0.29) is 11.9 Å². The van der Waals surface area contributed by atoms with E-state index in [1.54, 1.807) is 12.1 Å². The first-order valence-corrected chi connectivity index (χ1v) is 7.55. The molecule has 114 valence electrons. The van der Waals surface area contributed by atoms with Gasteiger partial charge in [-0.05, 0) is 31.4 Å². The van der Waals surface area contributed by atoms with E-state index in [0.717, 1.165) is 45.4 Å². The molecule has 3 heterocycles. The summed E-state index contributed by atoms with van der Waals surface area (Å²) in [5, 5.41) is 9.17. The van der Waals surface area contributed by atoms with Gasteiger partial charge in [-0.3, -0.25) is 9.69 Å². The zero-order valence-corrected chi connectivity index (χ0v) is 12.1. The highest BCUT2D eigenvalue weighted by molar-refractivity contribution is 5.85. The van der Waals surface area contributed by atoms with Crippen molar-refractivity contribution in [2.45, 2.75) is 25.3 Å². The molecule has 0 saturated carbocycles. The average molecular weight is 291 g/mol. The Morgan fingerprint density at radius 1 is 1.19 bits per heavy atom. The van der Waals surface area contributed by atoms with E-state index in [2.05, 4.69) is 4.90 Å². The Labute approximate surface area is 123 Å². The number of aromatic nitrogens is 1. The molecule has 6 nitrogen and oxygen atoms in total. The third-order valence-corrected chi connectivity index (χ3v) is 4.52. The van der Waals surface area contributed by atoms with Gasteiger partial charge in [0.1, 0.15) is 5.69 Å². The van der Waals surface area contributed by atoms with E-state index in [9.17, 15) is 9.59 Å². The molecular formula is C15H21N3O3. The first-order chi connectivity index (χ1) is 10.1. The Bertz CT molecular complexity index is 528. The number of nitrogens with zero attached hydrogens (tertiary/aromatic N) is 3. The van der Waals surface area contributed by atoms with E-state index in [1.165, 1.54) is 0 Å². The lowest BCUT2D eigenvalue weighted by Gasteiger charge is -2.36. The van der Waals surface area contributed by atoms with Crippen molar-refractivity contribution < 1.29 is 14.7 Å². The molecule has 0 atom stereocenters. The van der Waals surface area contributed by atoms with Crippen LogP contribution in [-0.4, -0.2) is 64.1 Å². The summed E-state index contributed by atoms with van der Waals surface area (Å²) in [5.74, 6) is -0.651. The van der Waals surface area contributed by atoms with Crippen LogP contribution in [0.2, 0.25) is 0 Å². The smallest absolute Gasteiger partial charge is 0.352 e. The van der Waals surface area contributed by atoms with Crippen LogP contribution < -0.4 is 0 Å². The van der Waals surface area contributed by atoms with Crippen LogP contribution in [0.3, 0.4) is 0 Å². The molecular weight excluding hydrogens is 270 g/mol. The van der Waals surface area contributed by atoms with E-state index in [1.807, 2.05) is 15.7 Å². The minimum Gasteiger partial charge on any atom is -0.477 e. The Morgan fingerprint density at radius 3 is 2.48 bits per heavy atom. The van der Waals surface area contributed by atoms with Crippen LogP contribution in [0.25, 0.3) is 0 Å². The fraction of sp³-hybridized carbons (Fsp3) is 0.600. The molecule has 1 aromatic rings. The highest BCUT2D eigenvalue weighted by Crippen LogP contribution is 2.24. The highest BCUT2D eigenvalue weighted by Gasteiger charge is 2.27. The molecule has 2 aliphatic rings. The normalized spacial score (nSPS) is 20.3. The van der Waals surface area contributed by atoms with Gasteiger partial charge in [0.05, 0.1) is 6.54 Å². The number of carbonyl (C=O) groups excluding carboxylic acids is 1. The molecule has 0 unspecified atom stereocenters. The van der Waals surface area contributed by atoms with Crippen molar-refractivity contribution in [2.75, 3.05) is 32.7 Å². The predicted octanol–water partition coefficient (Wildman–Crippen LogP) is 1.06. The monoisotopic (exact) mass is 291 g/mol. The number of carboxylic acid groups (broad SMARTS) is 1. The van der Waals surface area contributed by atoms with Crippen LogP contribution in [0.1, 0.15) is 35.8 Å². The largest absolute Gasteiger partial charge is 0.477 e. The molecule has 1 aromatic heterocycles. The Balaban J connectivity index is 1.53. The molecule has 0 radical (unpaired) electrons. The van der Waals surface area contributed by atoms with Crippen LogP contribution in [-0.2, 0) is 4.79 Å². The molecule has 1 amide bonds. The second-order valence-corrected chi connectivity index (χ2v) is 5.85. The fourth-order valence-corrected chi connectivity index (χ4v) is 3.11. The number of aromatic carboxylic acids is 1. The Kier molecular flexibility index (Phi) is 3.96. The third-order valence-electron chi connectivity index (χ3n) is 4.52. The molecule has 2 saturated heterocycles. The van der Waals surface area contributed by atoms with Gasteiger partial charge in [-0.15, -0.1) is 0 Å². The molecule has 0 bridgehead atoms. The number of rotatable bonds is 4. The molecule has 2 fully saturated rings. The molecule has 0 spiro atoms. The van der Waals surface area contributed by atoms with Gasteiger partial charge in [0.2, 0.25) is 5.91 Å². The lowest BCUT2D eigenvalue weighted by molar-refractivity contribution is -0.136. The predicted molar refractivity (Wildman–Crippen MR) is 77.3 cm³/mol. The van der Waals surface area contributed by atoms with E-state index in [0.29, 0.717) is 12.2 Å². The van der Waals surface area contributed by atoms with Crippen LogP contribution >= 0.6 is 0 Å². The quantitative estimate of drug-likeness (QED) is 0.900. The minimum atomic E-state index is -0.879. The molecule has 0 aliphatic carbocycles. The number of amides is 1. The first-order valence-electron chi connectivity index (χ1n) is 7.55. The minimum absolute atomic E-state index is 0.224. The lowest BCUT2D eigenvalue weighted by Crippen LogP contribution is -2.48. The van der Waals surface area contributed by atoms with Crippen molar-refractivity contribution in [3.05, 3.63) is 24.0 Å². The van der Waals surface area contributed by atoms with Crippen molar-refractivity contribution in [3.63, 3.8) is 0 Å². The van der Waals surface area contributed by atoms with Gasteiger partial charge >= 0.3 is 5.97 Å². The number of likely N-dealkylation sites (tertiary alicyclic amines) is 2. The third kappa shape index (κ3) is 2.95. The van der Waals surface area contributed by atoms with Gasteiger partial charge in [0.15, 0.2) is 0 Å². The maximum absolute atomic E-state index is 11.9. The average Bonchev–Trinajstić information content (AvgIpc) is 2.86. The number of hydrogen-bond donors (Lipinski definition) is 1. The van der Waals surface area contributed by atoms with Gasteiger partial charge in [0, 0.05) is 38.4 Å². The van der Waals surface area contributed by atoms with Crippen molar-refractivity contribution in [2.24, 2.45) is 0 Å². The summed E-state index contributed by atoms with van der Waals surface area (Å²) in [7, 11) is 0. The number of carbonyl (C=O) groups is 2.